The fraction of sp³-hybridized carbons (Fsp3) is 0.522. The predicted molar refractivity (Wildman–Crippen MR) is 114 cm³/mol. The van der Waals surface area contributed by atoms with Crippen LogP contribution in [0.25, 0.3) is 0 Å². The molecule has 7 heteroatoms. The molecule has 6 unspecified atom stereocenters. The Kier molecular flexibility index (Phi) is 4.43. The number of benzene rings is 1. The van der Waals surface area contributed by atoms with Crippen molar-refractivity contribution in [3.05, 3.63) is 40.4 Å². The number of nitrogens with zero attached hydrogens (tertiary/aromatic N) is 1. The Morgan fingerprint density at radius 3 is 2.70 bits per heavy atom. The van der Waals surface area contributed by atoms with Crippen molar-refractivity contribution in [2.24, 2.45) is 23.2 Å². The van der Waals surface area contributed by atoms with Gasteiger partial charge in [-0.25, -0.2) is 9.78 Å². The largest absolute Gasteiger partial charge is 0.478 e. The second-order valence-electron chi connectivity index (χ2n) is 9.37. The summed E-state index contributed by atoms with van der Waals surface area (Å²) < 4.78 is 5.90. The molecule has 2 N–H and O–H groups in total. The Bertz CT molecular complexity index is 1020. The monoisotopic (exact) mass is 426 g/mol. The Morgan fingerprint density at radius 1 is 1.27 bits per heavy atom. The van der Waals surface area contributed by atoms with Crippen LogP contribution in [0, 0.1) is 23.2 Å². The van der Waals surface area contributed by atoms with Crippen LogP contribution < -0.4 is 5.32 Å². The van der Waals surface area contributed by atoms with Crippen molar-refractivity contribution < 1.29 is 19.4 Å². The molecule has 6 nitrogen and oxygen atoms in total. The minimum absolute atomic E-state index is 0.00364. The first-order valence-electron chi connectivity index (χ1n) is 10.6. The average Bonchev–Trinajstić information content (AvgIpc) is 3.22. The van der Waals surface area contributed by atoms with E-state index >= 15 is 0 Å². The molecule has 6 atom stereocenters. The molecule has 158 valence electrons. The van der Waals surface area contributed by atoms with Crippen molar-refractivity contribution in [2.45, 2.75) is 52.1 Å². The molecule has 0 spiro atoms. The highest BCUT2D eigenvalue weighted by Gasteiger charge is 2.58. The van der Waals surface area contributed by atoms with Crippen molar-refractivity contribution in [3.8, 4) is 0 Å². The van der Waals surface area contributed by atoms with Crippen LogP contribution in [0.5, 0.6) is 0 Å². The van der Waals surface area contributed by atoms with Gasteiger partial charge in [0.2, 0.25) is 0 Å². The fourth-order valence-electron chi connectivity index (χ4n) is 5.95. The van der Waals surface area contributed by atoms with Gasteiger partial charge >= 0.3 is 11.9 Å². The molecule has 5 rings (SSSR count). The minimum Gasteiger partial charge on any atom is -0.478 e. The molecule has 1 saturated heterocycles. The third kappa shape index (κ3) is 2.94. The topological polar surface area (TPSA) is 88.5 Å². The first kappa shape index (κ1) is 19.5. The van der Waals surface area contributed by atoms with Crippen LogP contribution in [-0.2, 0) is 16.0 Å². The van der Waals surface area contributed by atoms with Gasteiger partial charge in [-0.1, -0.05) is 20.8 Å². The Morgan fingerprint density at radius 2 is 2.00 bits per heavy atom. The van der Waals surface area contributed by atoms with Crippen molar-refractivity contribution in [1.82, 2.24) is 4.98 Å². The number of carbonyl (C=O) groups excluding carboxylic acids is 1. The second kappa shape index (κ2) is 6.80. The molecule has 3 aliphatic rings. The number of ether oxygens (including phenoxy) is 1. The third-order valence-corrected chi connectivity index (χ3v) is 8.53. The predicted octanol–water partition coefficient (Wildman–Crippen LogP) is 4.84. The van der Waals surface area contributed by atoms with Gasteiger partial charge in [-0.3, -0.25) is 4.79 Å². The third-order valence-electron chi connectivity index (χ3n) is 7.54. The molecule has 0 radical (unpaired) electrons. The van der Waals surface area contributed by atoms with Gasteiger partial charge < -0.3 is 15.2 Å². The Balaban J connectivity index is 1.43. The lowest BCUT2D eigenvalue weighted by molar-refractivity contribution is -0.149. The number of rotatable bonds is 3. The number of hydrogen-bond donors (Lipinski definition) is 2. The summed E-state index contributed by atoms with van der Waals surface area (Å²) in [6, 6.07) is 6.70. The maximum atomic E-state index is 12.3. The summed E-state index contributed by atoms with van der Waals surface area (Å²) in [6.45, 7) is 6.59. The maximum Gasteiger partial charge on any atom is 0.335 e. The van der Waals surface area contributed by atoms with Gasteiger partial charge in [-0.15, -0.1) is 11.3 Å². The van der Waals surface area contributed by atoms with E-state index in [1.54, 1.807) is 35.6 Å². The van der Waals surface area contributed by atoms with E-state index in [-0.39, 0.29) is 34.9 Å². The van der Waals surface area contributed by atoms with E-state index in [1.807, 2.05) is 6.92 Å². The molecule has 1 aliphatic heterocycles. The highest BCUT2D eigenvalue weighted by Crippen LogP contribution is 2.59. The van der Waals surface area contributed by atoms with E-state index in [2.05, 4.69) is 19.2 Å². The lowest BCUT2D eigenvalue weighted by atomic mass is 9.54. The molecular weight excluding hydrogens is 400 g/mol. The molecule has 2 aromatic rings. The molecule has 1 aromatic carbocycles. The average molecular weight is 427 g/mol. The van der Waals surface area contributed by atoms with E-state index < -0.39 is 5.97 Å². The van der Waals surface area contributed by atoms with Crippen LogP contribution in [-0.4, -0.2) is 28.1 Å². The lowest BCUT2D eigenvalue weighted by Crippen LogP contribution is -2.50. The first-order valence-corrected chi connectivity index (χ1v) is 11.4. The zero-order valence-electron chi connectivity index (χ0n) is 17.3. The van der Waals surface area contributed by atoms with Crippen molar-refractivity contribution in [2.75, 3.05) is 5.32 Å². The number of anilines is 2. The van der Waals surface area contributed by atoms with Crippen LogP contribution in [0.1, 0.15) is 60.5 Å². The maximum absolute atomic E-state index is 12.3. The molecule has 1 aromatic heterocycles. The number of carboxylic acid groups (broad SMARTS) is 1. The smallest absolute Gasteiger partial charge is 0.335 e. The number of thiazole rings is 1. The lowest BCUT2D eigenvalue weighted by Gasteiger charge is -2.51. The van der Waals surface area contributed by atoms with Crippen molar-refractivity contribution in [3.63, 3.8) is 0 Å². The molecule has 0 amide bonds. The zero-order valence-corrected chi connectivity index (χ0v) is 18.2. The SMILES string of the molecule is CC1C(=O)OC2C1CCC1(C)Cc3sc(Nc4ccc(C(=O)O)cc4)nc3C(C)C21. The molecule has 30 heavy (non-hydrogen) atoms. The Hall–Kier alpha value is -2.41. The number of nitrogens with one attached hydrogen (secondary N) is 1. The summed E-state index contributed by atoms with van der Waals surface area (Å²) in [5, 5.41) is 13.2. The normalized spacial score (nSPS) is 34.5. The van der Waals surface area contributed by atoms with Crippen LogP contribution in [0.3, 0.4) is 0 Å². The van der Waals surface area contributed by atoms with E-state index in [1.165, 1.54) is 4.88 Å². The number of aromatic carboxylic acids is 1. The Labute approximate surface area is 179 Å². The molecule has 2 heterocycles. The van der Waals surface area contributed by atoms with Crippen LogP contribution >= 0.6 is 11.3 Å². The molecule has 1 saturated carbocycles. The van der Waals surface area contributed by atoms with E-state index in [0.717, 1.165) is 35.8 Å². The van der Waals surface area contributed by atoms with Crippen LogP contribution in [0.15, 0.2) is 24.3 Å². The van der Waals surface area contributed by atoms with Gasteiger partial charge in [0, 0.05) is 28.3 Å². The van der Waals surface area contributed by atoms with Gasteiger partial charge in [-0.2, -0.15) is 0 Å². The number of carbonyl (C=O) groups is 2. The summed E-state index contributed by atoms with van der Waals surface area (Å²) in [5.41, 5.74) is 2.31. The summed E-state index contributed by atoms with van der Waals surface area (Å²) in [6.07, 6.45) is 3.12. The van der Waals surface area contributed by atoms with Gasteiger partial charge in [-0.05, 0) is 48.9 Å². The zero-order chi connectivity index (χ0) is 21.2. The van der Waals surface area contributed by atoms with E-state index in [0.29, 0.717) is 11.8 Å². The quantitative estimate of drug-likeness (QED) is 0.683. The van der Waals surface area contributed by atoms with Crippen molar-refractivity contribution >= 4 is 34.1 Å². The number of hydrogen-bond acceptors (Lipinski definition) is 6. The fourth-order valence-corrected chi connectivity index (χ4v) is 7.24. The van der Waals surface area contributed by atoms with Gasteiger partial charge in [0.25, 0.3) is 0 Å². The first-order chi connectivity index (χ1) is 14.3. The molecule has 2 aliphatic carbocycles. The van der Waals surface area contributed by atoms with Crippen LogP contribution in [0.2, 0.25) is 0 Å². The standard InChI is InChI=1S/C23H26N2O4S/c1-11-15-8-9-23(3)10-16-18(12(2)17(23)19(15)29-21(11)28)25-22(30-16)24-14-6-4-13(5-7-14)20(26)27/h4-7,11-12,15,17,19H,8-10H2,1-3H3,(H,24,25)(H,26,27). The van der Waals surface area contributed by atoms with E-state index in [9.17, 15) is 9.59 Å². The van der Waals surface area contributed by atoms with Gasteiger partial charge in [0.05, 0.1) is 17.2 Å². The number of carboxylic acids is 1. The summed E-state index contributed by atoms with van der Waals surface area (Å²) in [5.74, 6) is -0.139. The molecule has 2 fully saturated rings. The highest BCUT2D eigenvalue weighted by molar-refractivity contribution is 7.15. The highest BCUT2D eigenvalue weighted by atomic mass is 32.1. The van der Waals surface area contributed by atoms with Gasteiger partial charge in [0.1, 0.15) is 6.10 Å². The summed E-state index contributed by atoms with van der Waals surface area (Å²) >= 11 is 1.68. The molecular formula is C23H26N2O4S. The van der Waals surface area contributed by atoms with E-state index in [4.69, 9.17) is 14.8 Å². The van der Waals surface area contributed by atoms with Crippen molar-refractivity contribution in [1.29, 1.82) is 0 Å². The summed E-state index contributed by atoms with van der Waals surface area (Å²) in [7, 11) is 0. The number of fused-ring (bicyclic) bond motifs is 4. The number of esters is 1. The van der Waals surface area contributed by atoms with Gasteiger partial charge in [0.15, 0.2) is 5.13 Å². The second-order valence-corrected chi connectivity index (χ2v) is 10.5. The van der Waals surface area contributed by atoms with Crippen LogP contribution in [0.4, 0.5) is 10.8 Å². The molecule has 0 bridgehead atoms. The summed E-state index contributed by atoms with van der Waals surface area (Å²) in [4.78, 5) is 29.5. The number of aromatic nitrogens is 1. The minimum atomic E-state index is -0.934.